The molecule has 1 aromatic rings. The molecule has 2 atom stereocenters. The Kier molecular flexibility index (Phi) is 4.69. The highest BCUT2D eigenvalue weighted by atomic mass is 16.5. The molecular weight excluding hydrogens is 302 g/mol. The summed E-state index contributed by atoms with van der Waals surface area (Å²) in [6.07, 6.45) is 10.7. The fraction of sp³-hybridized carbons (Fsp3) is 0.684. The van der Waals surface area contributed by atoms with Crippen LogP contribution in [0.2, 0.25) is 0 Å². The third kappa shape index (κ3) is 3.72. The van der Waals surface area contributed by atoms with Crippen molar-refractivity contribution in [3.8, 4) is 0 Å². The molecule has 4 rings (SSSR count). The molecule has 2 unspecified atom stereocenters. The molecule has 1 saturated carbocycles. The van der Waals surface area contributed by atoms with Gasteiger partial charge < -0.3 is 15.0 Å². The number of hydrogen-bond donors (Lipinski definition) is 1. The molecule has 5 heteroatoms. The van der Waals surface area contributed by atoms with Crippen molar-refractivity contribution < 1.29 is 9.53 Å². The third-order valence-corrected chi connectivity index (χ3v) is 5.68. The summed E-state index contributed by atoms with van der Waals surface area (Å²) in [4.78, 5) is 18.7. The molecular formula is C19H27N3O2. The molecule has 1 aromatic heterocycles. The minimum Gasteiger partial charge on any atom is -0.376 e. The molecule has 2 amide bonds. The van der Waals surface area contributed by atoms with Crippen molar-refractivity contribution in [1.82, 2.24) is 15.2 Å². The van der Waals surface area contributed by atoms with E-state index in [2.05, 4.69) is 16.4 Å². The van der Waals surface area contributed by atoms with E-state index in [1.54, 1.807) is 0 Å². The van der Waals surface area contributed by atoms with Gasteiger partial charge in [-0.15, -0.1) is 0 Å². The maximum absolute atomic E-state index is 12.6. The highest BCUT2D eigenvalue weighted by molar-refractivity contribution is 5.74. The Morgan fingerprint density at radius 1 is 1.25 bits per heavy atom. The zero-order valence-corrected chi connectivity index (χ0v) is 14.2. The molecule has 3 heterocycles. The number of piperidine rings is 1. The summed E-state index contributed by atoms with van der Waals surface area (Å²) in [5.41, 5.74) is 1.30. The molecule has 0 spiro atoms. The van der Waals surface area contributed by atoms with Gasteiger partial charge in [-0.2, -0.15) is 0 Å². The maximum Gasteiger partial charge on any atom is 0.317 e. The summed E-state index contributed by atoms with van der Waals surface area (Å²) < 4.78 is 5.82. The number of nitrogens with zero attached hydrogens (tertiary/aromatic N) is 2. The minimum atomic E-state index is 0.107. The topological polar surface area (TPSA) is 54.5 Å². The lowest BCUT2D eigenvalue weighted by atomic mass is 9.91. The lowest BCUT2D eigenvalue weighted by Crippen LogP contribution is -2.50. The van der Waals surface area contributed by atoms with E-state index in [4.69, 9.17) is 4.74 Å². The largest absolute Gasteiger partial charge is 0.376 e. The summed E-state index contributed by atoms with van der Waals surface area (Å²) in [5.74, 6) is 1.34. The maximum atomic E-state index is 12.6. The lowest BCUT2D eigenvalue weighted by molar-refractivity contribution is 0.0802. The first-order valence-electron chi connectivity index (χ1n) is 9.35. The van der Waals surface area contributed by atoms with Gasteiger partial charge in [-0.05, 0) is 62.0 Å². The molecule has 1 N–H and O–H groups in total. The summed E-state index contributed by atoms with van der Waals surface area (Å²) in [6, 6.07) is 4.47. The molecule has 5 nitrogen and oxygen atoms in total. The van der Waals surface area contributed by atoms with Crippen molar-refractivity contribution >= 4 is 6.03 Å². The molecule has 1 aliphatic carbocycles. The fourth-order valence-corrected chi connectivity index (χ4v) is 4.10. The van der Waals surface area contributed by atoms with Crippen LogP contribution < -0.4 is 5.32 Å². The summed E-state index contributed by atoms with van der Waals surface area (Å²) >= 11 is 0. The highest BCUT2D eigenvalue weighted by Gasteiger charge is 2.41. The average Bonchev–Trinajstić information content (AvgIpc) is 3.36. The molecule has 3 fully saturated rings. The van der Waals surface area contributed by atoms with Gasteiger partial charge in [0.05, 0.1) is 12.1 Å². The van der Waals surface area contributed by atoms with Gasteiger partial charge in [0.2, 0.25) is 0 Å². The Hall–Kier alpha value is -1.62. The van der Waals surface area contributed by atoms with Crippen molar-refractivity contribution in [2.75, 3.05) is 19.7 Å². The van der Waals surface area contributed by atoms with Gasteiger partial charge in [-0.3, -0.25) is 4.98 Å². The van der Waals surface area contributed by atoms with Gasteiger partial charge in [0.1, 0.15) is 0 Å². The van der Waals surface area contributed by atoms with Gasteiger partial charge in [0, 0.05) is 32.1 Å². The molecule has 2 saturated heterocycles. The van der Waals surface area contributed by atoms with Crippen molar-refractivity contribution in [2.45, 2.75) is 50.7 Å². The van der Waals surface area contributed by atoms with Gasteiger partial charge in [-0.1, -0.05) is 6.07 Å². The van der Waals surface area contributed by atoms with Crippen LogP contribution in [-0.4, -0.2) is 47.8 Å². The lowest BCUT2D eigenvalue weighted by Gasteiger charge is -2.33. The molecule has 3 aliphatic rings. The van der Waals surface area contributed by atoms with Gasteiger partial charge in [-0.25, -0.2) is 4.79 Å². The second kappa shape index (κ2) is 7.09. The van der Waals surface area contributed by atoms with Crippen LogP contribution in [0, 0.1) is 11.8 Å². The summed E-state index contributed by atoms with van der Waals surface area (Å²) in [6.45, 7) is 2.51. The number of amides is 2. The Balaban J connectivity index is 1.24. The predicted molar refractivity (Wildman–Crippen MR) is 91.6 cm³/mol. The number of rotatable bonds is 4. The quantitative estimate of drug-likeness (QED) is 0.924. The Bertz CT molecular complexity index is 553. The molecule has 0 bridgehead atoms. The second-order valence-corrected chi connectivity index (χ2v) is 7.51. The zero-order chi connectivity index (χ0) is 16.4. The summed E-state index contributed by atoms with van der Waals surface area (Å²) in [7, 11) is 0. The predicted octanol–water partition coefficient (Wildman–Crippen LogP) is 2.61. The van der Waals surface area contributed by atoms with E-state index in [-0.39, 0.29) is 18.2 Å². The highest BCUT2D eigenvalue weighted by Crippen LogP contribution is 2.38. The van der Waals surface area contributed by atoms with Crippen LogP contribution in [0.1, 0.15) is 37.7 Å². The fourth-order valence-electron chi connectivity index (χ4n) is 4.10. The standard InChI is InChI=1S/C19H27N3O2/c23-19(21-17-7-11-24-18(17)16-3-4-16)22-9-5-14(6-10-22)12-15-2-1-8-20-13-15/h1-2,8,13-14,16-18H,3-7,9-12H2,(H,21,23). The van der Waals surface area contributed by atoms with E-state index in [0.29, 0.717) is 11.8 Å². The molecule has 0 radical (unpaired) electrons. The van der Waals surface area contributed by atoms with Gasteiger partial charge in [0.15, 0.2) is 0 Å². The smallest absolute Gasteiger partial charge is 0.317 e. The van der Waals surface area contributed by atoms with E-state index < -0.39 is 0 Å². The van der Waals surface area contributed by atoms with Crippen LogP contribution in [0.5, 0.6) is 0 Å². The number of carbonyl (C=O) groups excluding carboxylic acids is 1. The number of likely N-dealkylation sites (tertiary alicyclic amines) is 1. The number of nitrogens with one attached hydrogen (secondary N) is 1. The van der Waals surface area contributed by atoms with Gasteiger partial charge in [0.25, 0.3) is 0 Å². The number of hydrogen-bond acceptors (Lipinski definition) is 3. The third-order valence-electron chi connectivity index (χ3n) is 5.68. The van der Waals surface area contributed by atoms with E-state index in [1.807, 2.05) is 23.4 Å². The van der Waals surface area contributed by atoms with Crippen molar-refractivity contribution in [3.63, 3.8) is 0 Å². The van der Waals surface area contributed by atoms with Crippen LogP contribution >= 0.6 is 0 Å². The molecule has 130 valence electrons. The number of carbonyl (C=O) groups is 1. The zero-order valence-electron chi connectivity index (χ0n) is 14.2. The van der Waals surface area contributed by atoms with Crippen LogP contribution in [0.25, 0.3) is 0 Å². The Labute approximate surface area is 143 Å². The minimum absolute atomic E-state index is 0.107. The average molecular weight is 329 g/mol. The van der Waals surface area contributed by atoms with E-state index in [9.17, 15) is 4.79 Å². The van der Waals surface area contributed by atoms with E-state index in [1.165, 1.54) is 18.4 Å². The molecule has 2 aliphatic heterocycles. The van der Waals surface area contributed by atoms with Crippen LogP contribution in [0.15, 0.2) is 24.5 Å². The Morgan fingerprint density at radius 2 is 2.08 bits per heavy atom. The SMILES string of the molecule is O=C(NC1CCOC1C1CC1)N1CCC(Cc2cccnc2)CC1. The number of pyridine rings is 1. The summed E-state index contributed by atoms with van der Waals surface area (Å²) in [5, 5.41) is 3.24. The van der Waals surface area contributed by atoms with Gasteiger partial charge >= 0.3 is 6.03 Å². The number of aromatic nitrogens is 1. The van der Waals surface area contributed by atoms with Crippen molar-refractivity contribution in [2.24, 2.45) is 11.8 Å². The van der Waals surface area contributed by atoms with Crippen molar-refractivity contribution in [1.29, 1.82) is 0 Å². The number of urea groups is 1. The first-order valence-corrected chi connectivity index (χ1v) is 9.35. The molecule has 24 heavy (non-hydrogen) atoms. The van der Waals surface area contributed by atoms with Crippen LogP contribution in [-0.2, 0) is 11.2 Å². The second-order valence-electron chi connectivity index (χ2n) is 7.51. The van der Waals surface area contributed by atoms with E-state index in [0.717, 1.165) is 45.4 Å². The van der Waals surface area contributed by atoms with Crippen molar-refractivity contribution in [3.05, 3.63) is 30.1 Å². The normalized spacial score (nSPS) is 28.1. The van der Waals surface area contributed by atoms with Crippen LogP contribution in [0.3, 0.4) is 0 Å². The van der Waals surface area contributed by atoms with Crippen LogP contribution in [0.4, 0.5) is 4.79 Å². The monoisotopic (exact) mass is 329 g/mol. The first kappa shape index (κ1) is 15.9. The first-order chi connectivity index (χ1) is 11.8. The number of ether oxygens (including phenoxy) is 1. The molecule has 0 aromatic carbocycles. The van der Waals surface area contributed by atoms with E-state index >= 15 is 0 Å². The Morgan fingerprint density at radius 3 is 2.79 bits per heavy atom.